The zero-order valence-corrected chi connectivity index (χ0v) is 37.9. The van der Waals surface area contributed by atoms with Crippen molar-refractivity contribution in [3.8, 4) is 0 Å². The normalized spacial score (nSPS) is 13.2. The molecule has 0 heterocycles. The zero-order chi connectivity index (χ0) is 45.6. The van der Waals surface area contributed by atoms with Crippen LogP contribution in [0.5, 0.6) is 0 Å². The lowest BCUT2D eigenvalue weighted by atomic mass is 10.1. The highest BCUT2D eigenvalue weighted by Crippen LogP contribution is 2.47. The van der Waals surface area contributed by atoms with E-state index in [9.17, 15) is 38.2 Å². The standard InChI is InChI=1S/C39H75N6O15P/c1-31(2)61(52,53)60-21-9-7-6-8-17-40-34(46)11-10-12-36(48)44-33(39(51)43-20-24-59-30-27-56-5)14-16-37(49)45-32(38(50)42-19-23-58-29-26-55-4)13-15-35(47)41-18-22-57-28-25-54-3/h31-33H,6-30H2,1-5H3,(H,40,46)(H,41,47)(H,42,50)(H,43,51)(H,44,48)(H,45,49)(H,52,53). The number of rotatable bonds is 41. The van der Waals surface area contributed by atoms with Gasteiger partial charge in [0, 0.05) is 73.2 Å². The molecule has 0 saturated heterocycles. The van der Waals surface area contributed by atoms with Gasteiger partial charge in [0.05, 0.1) is 71.7 Å². The van der Waals surface area contributed by atoms with Gasteiger partial charge in [-0.2, -0.15) is 0 Å². The number of nitrogens with one attached hydrogen (secondary N) is 6. The first-order valence-corrected chi connectivity index (χ1v) is 22.8. The summed E-state index contributed by atoms with van der Waals surface area (Å²) in [6, 6.07) is -2.19. The van der Waals surface area contributed by atoms with Gasteiger partial charge in [0.1, 0.15) is 12.1 Å². The maximum atomic E-state index is 13.2. The van der Waals surface area contributed by atoms with E-state index in [2.05, 4.69) is 31.9 Å². The van der Waals surface area contributed by atoms with Gasteiger partial charge in [-0.3, -0.25) is 33.3 Å². The number of carbonyl (C=O) groups excluding carboxylic acids is 6. The average Bonchev–Trinajstić information content (AvgIpc) is 3.22. The third kappa shape index (κ3) is 34.0. The molecule has 7 N–H and O–H groups in total. The minimum atomic E-state index is -3.57. The van der Waals surface area contributed by atoms with Crippen LogP contribution in [0.25, 0.3) is 0 Å². The largest absolute Gasteiger partial charge is 0.382 e. The summed E-state index contributed by atoms with van der Waals surface area (Å²) >= 11 is 0. The lowest BCUT2D eigenvalue weighted by Crippen LogP contribution is -2.50. The Balaban J connectivity index is 5.16. The Bertz CT molecular complexity index is 1270. The highest BCUT2D eigenvalue weighted by atomic mass is 31.2. The topological polar surface area (TPSA) is 277 Å². The monoisotopic (exact) mass is 899 g/mol. The van der Waals surface area contributed by atoms with Crippen molar-refractivity contribution in [2.24, 2.45) is 0 Å². The van der Waals surface area contributed by atoms with Crippen LogP contribution in [0.15, 0.2) is 0 Å². The summed E-state index contributed by atoms with van der Waals surface area (Å²) in [5.41, 5.74) is -0.456. The predicted molar refractivity (Wildman–Crippen MR) is 226 cm³/mol. The minimum Gasteiger partial charge on any atom is -0.382 e. The molecule has 3 atom stereocenters. The fourth-order valence-electron chi connectivity index (χ4n) is 5.10. The van der Waals surface area contributed by atoms with E-state index in [1.165, 1.54) is 14.2 Å². The summed E-state index contributed by atoms with van der Waals surface area (Å²) < 4.78 is 47.8. The molecule has 0 radical (unpaired) electrons. The highest BCUT2D eigenvalue weighted by molar-refractivity contribution is 7.53. The van der Waals surface area contributed by atoms with Gasteiger partial charge in [-0.1, -0.05) is 26.7 Å². The molecule has 61 heavy (non-hydrogen) atoms. The SMILES string of the molecule is COCCOCCNC(=O)CCC(NC(=O)CCC(NC(=O)CCCC(=O)NCCCCCCOP(=O)(O)C(C)C)C(=O)NCCOCCOC)C(=O)NCCOCCOC. The molecule has 0 saturated carbocycles. The molecule has 21 nitrogen and oxygen atoms in total. The summed E-state index contributed by atoms with van der Waals surface area (Å²) in [4.78, 5) is 87.0. The van der Waals surface area contributed by atoms with Crippen LogP contribution in [-0.2, 0) is 66.3 Å². The molecule has 22 heteroatoms. The summed E-state index contributed by atoms with van der Waals surface area (Å²) in [7, 11) is 1.05. The fraction of sp³-hybridized carbons (Fsp3) is 0.846. The van der Waals surface area contributed by atoms with Gasteiger partial charge in [-0.15, -0.1) is 0 Å². The van der Waals surface area contributed by atoms with Crippen LogP contribution < -0.4 is 31.9 Å². The maximum Gasteiger partial charge on any atom is 0.330 e. The molecule has 6 amide bonds. The Morgan fingerprint density at radius 3 is 1.38 bits per heavy atom. The number of hydrogen-bond acceptors (Lipinski definition) is 14. The molecule has 0 aromatic heterocycles. The Morgan fingerprint density at radius 1 is 0.475 bits per heavy atom. The smallest absolute Gasteiger partial charge is 0.330 e. The average molecular weight is 899 g/mol. The van der Waals surface area contributed by atoms with E-state index in [-0.39, 0.29) is 103 Å². The third-order valence-electron chi connectivity index (χ3n) is 8.71. The van der Waals surface area contributed by atoms with E-state index in [1.807, 2.05) is 0 Å². The van der Waals surface area contributed by atoms with Gasteiger partial charge in [-0.25, -0.2) is 0 Å². The number of methoxy groups -OCH3 is 3. The molecular formula is C39H75N6O15P. The molecule has 0 aliphatic rings. The fourth-order valence-corrected chi connectivity index (χ4v) is 5.78. The van der Waals surface area contributed by atoms with Gasteiger partial charge < -0.3 is 69.7 Å². The van der Waals surface area contributed by atoms with Crippen molar-refractivity contribution in [3.63, 3.8) is 0 Å². The van der Waals surface area contributed by atoms with Crippen LogP contribution in [0.2, 0.25) is 0 Å². The number of amides is 6. The molecular weight excluding hydrogens is 823 g/mol. The van der Waals surface area contributed by atoms with Gasteiger partial charge in [0.2, 0.25) is 35.4 Å². The molecule has 0 spiro atoms. The summed E-state index contributed by atoms with van der Waals surface area (Å²) in [6.45, 7) is 7.33. The number of hydrogen-bond donors (Lipinski definition) is 7. The van der Waals surface area contributed by atoms with Crippen LogP contribution in [0, 0.1) is 0 Å². The third-order valence-corrected chi connectivity index (χ3v) is 10.6. The Morgan fingerprint density at radius 2 is 0.885 bits per heavy atom. The van der Waals surface area contributed by atoms with Crippen LogP contribution in [0.4, 0.5) is 0 Å². The van der Waals surface area contributed by atoms with E-state index < -0.39 is 49.0 Å². The minimum absolute atomic E-state index is 0.0137. The molecule has 0 bridgehead atoms. The van der Waals surface area contributed by atoms with E-state index in [0.29, 0.717) is 59.0 Å². The number of ether oxygens (including phenoxy) is 6. The first kappa shape index (κ1) is 57.7. The van der Waals surface area contributed by atoms with Gasteiger partial charge in [-0.05, 0) is 32.1 Å². The van der Waals surface area contributed by atoms with Crippen molar-refractivity contribution in [1.29, 1.82) is 0 Å². The van der Waals surface area contributed by atoms with Crippen LogP contribution in [0.1, 0.15) is 84.5 Å². The molecule has 0 fully saturated rings. The molecule has 356 valence electrons. The van der Waals surface area contributed by atoms with Crippen LogP contribution >= 0.6 is 7.60 Å². The predicted octanol–water partition coefficient (Wildman–Crippen LogP) is 0.311. The van der Waals surface area contributed by atoms with E-state index in [0.717, 1.165) is 12.8 Å². The molecule has 0 aliphatic carbocycles. The van der Waals surface area contributed by atoms with E-state index in [1.54, 1.807) is 21.0 Å². The van der Waals surface area contributed by atoms with E-state index in [4.69, 9.17) is 32.9 Å². The summed E-state index contributed by atoms with van der Waals surface area (Å²) in [5.74, 6) is -2.70. The van der Waals surface area contributed by atoms with Crippen molar-refractivity contribution < 1.29 is 71.2 Å². The quantitative estimate of drug-likeness (QED) is 0.0322. The second-order valence-corrected chi connectivity index (χ2v) is 16.6. The summed E-state index contributed by atoms with van der Waals surface area (Å²) in [5, 5.41) is 16.2. The van der Waals surface area contributed by atoms with Crippen LogP contribution in [0.3, 0.4) is 0 Å². The van der Waals surface area contributed by atoms with Crippen molar-refractivity contribution in [1.82, 2.24) is 31.9 Å². The Labute approximate surface area is 361 Å². The van der Waals surface area contributed by atoms with Crippen molar-refractivity contribution in [2.75, 3.05) is 114 Å². The first-order valence-electron chi connectivity index (χ1n) is 21.1. The molecule has 0 rings (SSSR count). The Kier molecular flexibility index (Phi) is 36.3. The van der Waals surface area contributed by atoms with Gasteiger partial charge in [0.25, 0.3) is 0 Å². The molecule has 3 unspecified atom stereocenters. The van der Waals surface area contributed by atoms with Crippen molar-refractivity contribution >= 4 is 43.0 Å². The van der Waals surface area contributed by atoms with E-state index >= 15 is 0 Å². The first-order chi connectivity index (χ1) is 29.3. The second-order valence-electron chi connectivity index (χ2n) is 14.2. The van der Waals surface area contributed by atoms with Gasteiger partial charge >= 0.3 is 7.60 Å². The lowest BCUT2D eigenvalue weighted by molar-refractivity contribution is -0.131. The second kappa shape index (κ2) is 38.4. The van der Waals surface area contributed by atoms with Crippen molar-refractivity contribution in [3.05, 3.63) is 0 Å². The maximum absolute atomic E-state index is 13.2. The molecule has 0 aromatic rings. The summed E-state index contributed by atoms with van der Waals surface area (Å²) in [6.07, 6.45) is 2.74. The number of unbranched alkanes of at least 4 members (excludes halogenated alkanes) is 3. The van der Waals surface area contributed by atoms with Crippen molar-refractivity contribution in [2.45, 2.75) is 102 Å². The lowest BCUT2D eigenvalue weighted by Gasteiger charge is -2.21. The zero-order valence-electron chi connectivity index (χ0n) is 37.0. The van der Waals surface area contributed by atoms with Gasteiger partial charge in [0.15, 0.2) is 0 Å². The molecule has 0 aromatic carbocycles. The number of carbonyl (C=O) groups is 6. The molecule has 0 aliphatic heterocycles. The van der Waals surface area contributed by atoms with Crippen LogP contribution in [-0.4, -0.2) is 172 Å². The highest BCUT2D eigenvalue weighted by Gasteiger charge is 2.26. The Hall–Kier alpha value is -3.27.